The highest BCUT2D eigenvalue weighted by atomic mass is 32.2. The average Bonchev–Trinajstić information content (AvgIpc) is 2.55. The lowest BCUT2D eigenvalue weighted by atomic mass is 10.2. The van der Waals surface area contributed by atoms with E-state index in [0.717, 1.165) is 25.7 Å². The zero-order valence-corrected chi connectivity index (χ0v) is 10.3. The maximum Gasteiger partial charge on any atom is 0.260 e. The van der Waals surface area contributed by atoms with Gasteiger partial charge in [0.15, 0.2) is 5.03 Å². The van der Waals surface area contributed by atoms with Crippen LogP contribution in [-0.2, 0) is 17.1 Å². The molecule has 1 aromatic heterocycles. The fourth-order valence-corrected chi connectivity index (χ4v) is 3.65. The van der Waals surface area contributed by atoms with Gasteiger partial charge in [0.05, 0.1) is 6.20 Å². The lowest BCUT2D eigenvalue weighted by Gasteiger charge is -2.19. The molecule has 2 rings (SSSR count). The van der Waals surface area contributed by atoms with E-state index in [-0.39, 0.29) is 5.03 Å². The number of sulfonamides is 1. The van der Waals surface area contributed by atoms with Crippen molar-refractivity contribution in [1.29, 1.82) is 0 Å². The summed E-state index contributed by atoms with van der Waals surface area (Å²) in [7, 11) is -1.68. The zero-order chi connectivity index (χ0) is 11.6. The van der Waals surface area contributed by atoms with E-state index in [1.807, 2.05) is 0 Å². The number of hydrogen-bond acceptors (Lipinski definition) is 3. The van der Waals surface area contributed by atoms with Crippen molar-refractivity contribution in [2.45, 2.75) is 30.7 Å². The first-order chi connectivity index (χ1) is 7.62. The lowest BCUT2D eigenvalue weighted by molar-refractivity contribution is 0.417. The van der Waals surface area contributed by atoms with Crippen LogP contribution in [-0.4, -0.2) is 35.6 Å². The Bertz CT molecular complexity index is 444. The van der Waals surface area contributed by atoms with Gasteiger partial charge in [-0.15, -0.1) is 0 Å². The molecule has 0 amide bonds. The lowest BCUT2D eigenvalue weighted by Crippen LogP contribution is -2.33. The molecule has 0 aromatic carbocycles. The molecule has 0 N–H and O–H groups in total. The van der Waals surface area contributed by atoms with Gasteiger partial charge in [-0.2, -0.15) is 9.40 Å². The number of aromatic nitrogens is 2. The van der Waals surface area contributed by atoms with Crippen LogP contribution in [0.1, 0.15) is 25.7 Å². The van der Waals surface area contributed by atoms with Crippen LogP contribution >= 0.6 is 0 Å². The van der Waals surface area contributed by atoms with E-state index >= 15 is 0 Å². The molecule has 1 aromatic rings. The minimum absolute atomic E-state index is 0.286. The van der Waals surface area contributed by atoms with Gasteiger partial charge in [0.25, 0.3) is 10.0 Å². The highest BCUT2D eigenvalue weighted by Crippen LogP contribution is 2.19. The molecule has 1 aliphatic rings. The molecule has 5 nitrogen and oxygen atoms in total. The van der Waals surface area contributed by atoms with Crippen molar-refractivity contribution < 1.29 is 8.42 Å². The van der Waals surface area contributed by atoms with E-state index in [2.05, 4.69) is 5.10 Å². The summed E-state index contributed by atoms with van der Waals surface area (Å²) in [6, 6.07) is 1.56. The molecule has 0 radical (unpaired) electrons. The Hall–Kier alpha value is -0.880. The molecule has 90 valence electrons. The highest BCUT2D eigenvalue weighted by molar-refractivity contribution is 7.89. The van der Waals surface area contributed by atoms with Crippen molar-refractivity contribution in [1.82, 2.24) is 14.1 Å². The summed E-state index contributed by atoms with van der Waals surface area (Å²) in [5.41, 5.74) is 0. The predicted octanol–water partition coefficient (Wildman–Crippen LogP) is 0.985. The SMILES string of the molecule is Cn1nccc1S(=O)(=O)N1CCCCCC1. The number of aryl methyl sites for hydroxylation is 1. The van der Waals surface area contributed by atoms with E-state index < -0.39 is 10.0 Å². The fourth-order valence-electron chi connectivity index (χ4n) is 2.03. The molecule has 0 spiro atoms. The molecular formula is C10H17N3O2S. The van der Waals surface area contributed by atoms with Gasteiger partial charge in [-0.25, -0.2) is 8.42 Å². The Morgan fingerprint density at radius 1 is 1.19 bits per heavy atom. The minimum Gasteiger partial charge on any atom is -0.256 e. The number of rotatable bonds is 2. The third-order valence-electron chi connectivity index (χ3n) is 2.95. The van der Waals surface area contributed by atoms with Crippen molar-refractivity contribution >= 4 is 10.0 Å². The molecule has 0 bridgehead atoms. The standard InChI is InChI=1S/C10H17N3O2S/c1-12-10(6-7-11-12)16(14,15)13-8-4-2-3-5-9-13/h6-7H,2-5,8-9H2,1H3. The van der Waals surface area contributed by atoms with Crippen molar-refractivity contribution in [3.63, 3.8) is 0 Å². The van der Waals surface area contributed by atoms with Crippen LogP contribution in [0.25, 0.3) is 0 Å². The molecule has 6 heteroatoms. The first-order valence-electron chi connectivity index (χ1n) is 5.60. The smallest absolute Gasteiger partial charge is 0.256 e. The largest absolute Gasteiger partial charge is 0.260 e. The average molecular weight is 243 g/mol. The Labute approximate surface area is 96.1 Å². The summed E-state index contributed by atoms with van der Waals surface area (Å²) in [6.07, 6.45) is 5.67. The summed E-state index contributed by atoms with van der Waals surface area (Å²) in [6.45, 7) is 1.26. The molecule has 1 aliphatic heterocycles. The molecular weight excluding hydrogens is 226 g/mol. The Kier molecular flexibility index (Phi) is 3.30. The zero-order valence-electron chi connectivity index (χ0n) is 9.46. The minimum atomic E-state index is -3.34. The Balaban J connectivity index is 2.27. The van der Waals surface area contributed by atoms with E-state index in [0.29, 0.717) is 13.1 Å². The van der Waals surface area contributed by atoms with Gasteiger partial charge >= 0.3 is 0 Å². The molecule has 0 saturated carbocycles. The first-order valence-corrected chi connectivity index (χ1v) is 7.04. The second-order valence-corrected chi connectivity index (χ2v) is 6.00. The van der Waals surface area contributed by atoms with Gasteiger partial charge in [0.2, 0.25) is 0 Å². The Morgan fingerprint density at radius 3 is 2.31 bits per heavy atom. The topological polar surface area (TPSA) is 55.2 Å². The van der Waals surface area contributed by atoms with E-state index in [9.17, 15) is 8.42 Å². The maximum absolute atomic E-state index is 12.3. The first kappa shape index (κ1) is 11.6. The Morgan fingerprint density at radius 2 is 1.81 bits per heavy atom. The van der Waals surface area contributed by atoms with Crippen LogP contribution in [0, 0.1) is 0 Å². The molecule has 2 heterocycles. The van der Waals surface area contributed by atoms with Crippen LogP contribution in [0.15, 0.2) is 17.3 Å². The monoisotopic (exact) mass is 243 g/mol. The van der Waals surface area contributed by atoms with E-state index in [4.69, 9.17) is 0 Å². The number of hydrogen-bond donors (Lipinski definition) is 0. The van der Waals surface area contributed by atoms with Crippen LogP contribution in [0.4, 0.5) is 0 Å². The third kappa shape index (κ3) is 2.12. The second kappa shape index (κ2) is 4.55. The normalized spacial score (nSPS) is 19.6. The van der Waals surface area contributed by atoms with Gasteiger partial charge in [0.1, 0.15) is 0 Å². The summed E-state index contributed by atoms with van der Waals surface area (Å²) < 4.78 is 27.6. The van der Waals surface area contributed by atoms with Crippen LogP contribution in [0.5, 0.6) is 0 Å². The molecule has 16 heavy (non-hydrogen) atoms. The van der Waals surface area contributed by atoms with Crippen molar-refractivity contribution in [3.05, 3.63) is 12.3 Å². The molecule has 1 saturated heterocycles. The fraction of sp³-hybridized carbons (Fsp3) is 0.700. The molecule has 0 unspecified atom stereocenters. The van der Waals surface area contributed by atoms with Crippen LogP contribution in [0.2, 0.25) is 0 Å². The molecule has 0 atom stereocenters. The quantitative estimate of drug-likeness (QED) is 0.778. The van der Waals surface area contributed by atoms with Gasteiger partial charge in [0, 0.05) is 20.1 Å². The molecule has 0 aliphatic carbocycles. The van der Waals surface area contributed by atoms with Crippen LogP contribution in [0.3, 0.4) is 0 Å². The van der Waals surface area contributed by atoms with Gasteiger partial charge in [-0.3, -0.25) is 4.68 Å². The van der Waals surface area contributed by atoms with Crippen molar-refractivity contribution in [2.24, 2.45) is 7.05 Å². The van der Waals surface area contributed by atoms with Crippen molar-refractivity contribution in [3.8, 4) is 0 Å². The van der Waals surface area contributed by atoms with E-state index in [1.54, 1.807) is 17.4 Å². The summed E-state index contributed by atoms with van der Waals surface area (Å²) in [5, 5.41) is 4.20. The summed E-state index contributed by atoms with van der Waals surface area (Å²) in [4.78, 5) is 0. The summed E-state index contributed by atoms with van der Waals surface area (Å²) in [5.74, 6) is 0. The number of nitrogens with zero attached hydrogens (tertiary/aromatic N) is 3. The van der Waals surface area contributed by atoms with Gasteiger partial charge in [-0.1, -0.05) is 12.8 Å². The van der Waals surface area contributed by atoms with Crippen LogP contribution < -0.4 is 0 Å². The van der Waals surface area contributed by atoms with Gasteiger partial charge < -0.3 is 0 Å². The van der Waals surface area contributed by atoms with E-state index in [1.165, 1.54) is 10.9 Å². The summed E-state index contributed by atoms with van der Waals surface area (Å²) >= 11 is 0. The van der Waals surface area contributed by atoms with Gasteiger partial charge in [-0.05, 0) is 18.9 Å². The molecule has 1 fully saturated rings. The van der Waals surface area contributed by atoms with Crippen molar-refractivity contribution in [2.75, 3.05) is 13.1 Å². The maximum atomic E-state index is 12.3. The third-order valence-corrected chi connectivity index (χ3v) is 4.92. The predicted molar refractivity (Wildman–Crippen MR) is 60.4 cm³/mol. The second-order valence-electron chi connectivity index (χ2n) is 4.11. The highest BCUT2D eigenvalue weighted by Gasteiger charge is 2.27.